The molecular formula is C13H12ClN5O3. The summed E-state index contributed by atoms with van der Waals surface area (Å²) in [6.45, 7) is 0. The van der Waals surface area contributed by atoms with Crippen molar-refractivity contribution in [2.24, 2.45) is 0 Å². The van der Waals surface area contributed by atoms with Crippen LogP contribution in [0.15, 0.2) is 30.7 Å². The third kappa shape index (κ3) is 3.29. The summed E-state index contributed by atoms with van der Waals surface area (Å²) in [6, 6.07) is 3.65. The molecule has 8 nitrogen and oxygen atoms in total. The normalized spacial score (nSPS) is 10.1. The third-order valence-electron chi connectivity index (χ3n) is 2.77. The average Bonchev–Trinajstić information content (AvgIpc) is 2.47. The van der Waals surface area contributed by atoms with Crippen molar-refractivity contribution in [3.8, 4) is 0 Å². The fourth-order valence-electron chi connectivity index (χ4n) is 1.76. The van der Waals surface area contributed by atoms with E-state index in [1.807, 2.05) is 0 Å². The van der Waals surface area contributed by atoms with Crippen LogP contribution in [0.25, 0.3) is 0 Å². The van der Waals surface area contributed by atoms with Crippen LogP contribution < -0.4 is 10.2 Å². The lowest BCUT2D eigenvalue weighted by Gasteiger charge is -2.15. The fraction of sp³-hybridized carbons (Fsp3) is 0.154. The zero-order valence-electron chi connectivity index (χ0n) is 11.8. The van der Waals surface area contributed by atoms with Crippen molar-refractivity contribution in [1.29, 1.82) is 0 Å². The summed E-state index contributed by atoms with van der Waals surface area (Å²) in [5.41, 5.74) is 0.353. The molecule has 1 heterocycles. The molecule has 0 aliphatic rings. The highest BCUT2D eigenvalue weighted by atomic mass is 35.5. The number of nitrogens with zero attached hydrogens (tertiary/aromatic N) is 4. The number of aromatic nitrogens is 2. The van der Waals surface area contributed by atoms with Gasteiger partial charge in [0.05, 0.1) is 21.7 Å². The molecule has 0 atom stereocenters. The van der Waals surface area contributed by atoms with Gasteiger partial charge in [-0.2, -0.15) is 0 Å². The zero-order valence-corrected chi connectivity index (χ0v) is 12.5. The fourth-order valence-corrected chi connectivity index (χ4v) is 2.02. The number of nitrogens with one attached hydrogen (secondary N) is 1. The quantitative estimate of drug-likeness (QED) is 0.685. The minimum absolute atomic E-state index is 0.00467. The Kier molecular flexibility index (Phi) is 4.52. The van der Waals surface area contributed by atoms with Gasteiger partial charge in [0.25, 0.3) is 11.6 Å². The monoisotopic (exact) mass is 321 g/mol. The van der Waals surface area contributed by atoms with Gasteiger partial charge in [0.15, 0.2) is 5.82 Å². The number of benzene rings is 1. The Balaban J connectivity index is 2.29. The van der Waals surface area contributed by atoms with Gasteiger partial charge < -0.3 is 10.2 Å². The van der Waals surface area contributed by atoms with E-state index in [1.54, 1.807) is 19.0 Å². The van der Waals surface area contributed by atoms with Crippen LogP contribution in [0.4, 0.5) is 17.2 Å². The van der Waals surface area contributed by atoms with Gasteiger partial charge in [-0.15, -0.1) is 0 Å². The number of hydrogen-bond donors (Lipinski definition) is 1. The predicted octanol–water partition coefficient (Wildman–Crippen LogP) is 2.36. The van der Waals surface area contributed by atoms with Crippen LogP contribution in [0.3, 0.4) is 0 Å². The highest BCUT2D eigenvalue weighted by Gasteiger charge is 2.17. The Morgan fingerprint density at radius 3 is 2.73 bits per heavy atom. The Morgan fingerprint density at radius 1 is 1.41 bits per heavy atom. The number of anilines is 2. The van der Waals surface area contributed by atoms with Crippen LogP contribution in [0.1, 0.15) is 10.4 Å². The Hall–Kier alpha value is -2.74. The van der Waals surface area contributed by atoms with Crippen molar-refractivity contribution >= 4 is 34.7 Å². The van der Waals surface area contributed by atoms with Crippen molar-refractivity contribution in [1.82, 2.24) is 9.97 Å². The number of hydrogen-bond acceptors (Lipinski definition) is 6. The van der Waals surface area contributed by atoms with E-state index in [-0.39, 0.29) is 16.3 Å². The smallest absolute Gasteiger partial charge is 0.270 e. The number of non-ortho nitro benzene ring substituents is 1. The van der Waals surface area contributed by atoms with Crippen LogP contribution in [0.5, 0.6) is 0 Å². The molecule has 0 aliphatic heterocycles. The number of carbonyl (C=O) groups excluding carboxylic acids is 1. The number of halogens is 1. The first-order valence-corrected chi connectivity index (χ1v) is 6.50. The SMILES string of the molecule is CN(C)c1ncncc1NC(=O)c1ccc([N+](=O)[O-])cc1Cl. The van der Waals surface area contributed by atoms with Gasteiger partial charge in [0, 0.05) is 26.2 Å². The number of amides is 1. The van der Waals surface area contributed by atoms with Crippen molar-refractivity contribution in [3.05, 3.63) is 51.4 Å². The van der Waals surface area contributed by atoms with Crippen LogP contribution >= 0.6 is 11.6 Å². The molecule has 0 bridgehead atoms. The first-order chi connectivity index (χ1) is 10.4. The van der Waals surface area contributed by atoms with Gasteiger partial charge in [0.2, 0.25) is 0 Å². The molecule has 1 amide bonds. The average molecular weight is 322 g/mol. The molecule has 0 saturated heterocycles. The molecule has 0 aliphatic carbocycles. The molecule has 1 aromatic heterocycles. The molecule has 0 fully saturated rings. The van der Waals surface area contributed by atoms with Crippen LogP contribution in [-0.2, 0) is 0 Å². The van der Waals surface area contributed by atoms with Crippen LogP contribution in [0, 0.1) is 10.1 Å². The summed E-state index contributed by atoms with van der Waals surface area (Å²) in [5, 5.41) is 13.3. The van der Waals surface area contributed by atoms with Gasteiger partial charge in [-0.1, -0.05) is 11.6 Å². The second-order valence-electron chi connectivity index (χ2n) is 4.53. The van der Waals surface area contributed by atoms with Crippen LogP contribution in [-0.4, -0.2) is 34.9 Å². The molecule has 0 saturated carbocycles. The minimum atomic E-state index is -0.581. The number of nitro benzene ring substituents is 1. The van der Waals surface area contributed by atoms with E-state index in [0.29, 0.717) is 11.5 Å². The lowest BCUT2D eigenvalue weighted by atomic mass is 10.2. The molecule has 2 aromatic rings. The largest absolute Gasteiger partial charge is 0.361 e. The maximum absolute atomic E-state index is 12.3. The highest BCUT2D eigenvalue weighted by molar-refractivity contribution is 6.34. The van der Waals surface area contributed by atoms with Crippen molar-refractivity contribution in [3.63, 3.8) is 0 Å². The zero-order chi connectivity index (χ0) is 16.3. The first-order valence-electron chi connectivity index (χ1n) is 6.12. The van der Waals surface area contributed by atoms with Crippen molar-refractivity contribution in [2.45, 2.75) is 0 Å². The molecule has 1 N–H and O–H groups in total. The van der Waals surface area contributed by atoms with Gasteiger partial charge in [-0.25, -0.2) is 9.97 Å². The predicted molar refractivity (Wildman–Crippen MR) is 82.4 cm³/mol. The van der Waals surface area contributed by atoms with E-state index in [1.165, 1.54) is 24.7 Å². The molecule has 2 rings (SSSR count). The topological polar surface area (TPSA) is 101 Å². The number of rotatable bonds is 4. The molecular weight excluding hydrogens is 310 g/mol. The maximum Gasteiger partial charge on any atom is 0.270 e. The van der Waals surface area contributed by atoms with E-state index >= 15 is 0 Å². The molecule has 0 spiro atoms. The van der Waals surface area contributed by atoms with E-state index in [0.717, 1.165) is 6.07 Å². The van der Waals surface area contributed by atoms with E-state index in [2.05, 4.69) is 15.3 Å². The molecule has 0 radical (unpaired) electrons. The summed E-state index contributed by atoms with van der Waals surface area (Å²) in [7, 11) is 3.55. The van der Waals surface area contributed by atoms with E-state index < -0.39 is 10.8 Å². The Morgan fingerprint density at radius 2 is 2.14 bits per heavy atom. The summed E-state index contributed by atoms with van der Waals surface area (Å²) < 4.78 is 0. The molecule has 1 aromatic carbocycles. The standard InChI is InChI=1S/C13H12ClN5O3/c1-18(2)12-11(6-15-7-16-12)17-13(20)9-4-3-8(19(21)22)5-10(9)14/h3-7H,1-2H3,(H,17,20). The summed E-state index contributed by atoms with van der Waals surface area (Å²) >= 11 is 5.93. The number of nitro groups is 1. The van der Waals surface area contributed by atoms with Gasteiger partial charge >= 0.3 is 0 Å². The molecule has 0 unspecified atom stereocenters. The summed E-state index contributed by atoms with van der Waals surface area (Å²) in [6.07, 6.45) is 2.82. The summed E-state index contributed by atoms with van der Waals surface area (Å²) in [4.78, 5) is 32.0. The number of carbonyl (C=O) groups is 1. The lowest BCUT2D eigenvalue weighted by Crippen LogP contribution is -2.18. The second-order valence-corrected chi connectivity index (χ2v) is 4.94. The van der Waals surface area contributed by atoms with E-state index in [4.69, 9.17) is 11.6 Å². The van der Waals surface area contributed by atoms with Gasteiger partial charge in [-0.3, -0.25) is 14.9 Å². The van der Waals surface area contributed by atoms with Gasteiger partial charge in [0.1, 0.15) is 12.0 Å². The van der Waals surface area contributed by atoms with Gasteiger partial charge in [-0.05, 0) is 6.07 Å². The second kappa shape index (κ2) is 6.35. The van der Waals surface area contributed by atoms with Crippen molar-refractivity contribution < 1.29 is 9.72 Å². The van der Waals surface area contributed by atoms with Crippen molar-refractivity contribution in [2.75, 3.05) is 24.3 Å². The Labute approximate surface area is 130 Å². The molecule has 114 valence electrons. The molecule has 9 heteroatoms. The molecule has 22 heavy (non-hydrogen) atoms. The maximum atomic E-state index is 12.3. The first kappa shape index (κ1) is 15.6. The Bertz CT molecular complexity index is 735. The lowest BCUT2D eigenvalue weighted by molar-refractivity contribution is -0.384. The van der Waals surface area contributed by atoms with Crippen LogP contribution in [0.2, 0.25) is 5.02 Å². The minimum Gasteiger partial charge on any atom is -0.361 e. The van der Waals surface area contributed by atoms with E-state index in [9.17, 15) is 14.9 Å². The summed E-state index contributed by atoms with van der Waals surface area (Å²) in [5.74, 6) is 0.0270. The third-order valence-corrected chi connectivity index (χ3v) is 3.08. The highest BCUT2D eigenvalue weighted by Crippen LogP contribution is 2.25.